The van der Waals surface area contributed by atoms with Crippen molar-refractivity contribution in [2.45, 2.75) is 62.7 Å². The number of nitriles is 1. The van der Waals surface area contributed by atoms with Crippen molar-refractivity contribution in [2.24, 2.45) is 0 Å². The number of aromatic nitrogens is 1. The number of rotatable bonds is 7. The summed E-state index contributed by atoms with van der Waals surface area (Å²) < 4.78 is 29.7. The van der Waals surface area contributed by atoms with Gasteiger partial charge in [0.25, 0.3) is 0 Å². The molecular formula is C27H30N4O3S. The van der Waals surface area contributed by atoms with Crippen LogP contribution in [0.15, 0.2) is 42.5 Å². The fraction of sp³-hybridized carbons (Fsp3) is 0.444. The van der Waals surface area contributed by atoms with Crippen LogP contribution in [0.3, 0.4) is 0 Å². The number of hydroxylamine groups is 2. The number of benzene rings is 2. The van der Waals surface area contributed by atoms with Gasteiger partial charge in [-0.2, -0.15) is 5.26 Å². The maximum absolute atomic E-state index is 12.3. The van der Waals surface area contributed by atoms with E-state index in [-0.39, 0.29) is 5.25 Å². The van der Waals surface area contributed by atoms with Gasteiger partial charge in [0.05, 0.1) is 22.0 Å². The summed E-state index contributed by atoms with van der Waals surface area (Å²) in [4.78, 5) is 6.20. The van der Waals surface area contributed by atoms with Gasteiger partial charge in [-0.05, 0) is 74.8 Å². The van der Waals surface area contributed by atoms with E-state index in [1.54, 1.807) is 12.1 Å². The molecule has 3 aliphatic rings. The predicted octanol–water partition coefficient (Wildman–Crippen LogP) is 5.59. The van der Waals surface area contributed by atoms with Gasteiger partial charge in [-0.3, -0.25) is 4.72 Å². The van der Waals surface area contributed by atoms with E-state index in [2.05, 4.69) is 21.4 Å². The number of nitrogens with zero attached hydrogens (tertiary/aromatic N) is 3. The SMILES string of the molecule is N#Cc1c(-c2ccc(NS(=O)(=O)C3CC3)cc2)n(C2CCC2)c2cc(ON3CCCCC3)ccc12. The summed E-state index contributed by atoms with van der Waals surface area (Å²) in [6, 6.07) is 16.3. The summed E-state index contributed by atoms with van der Waals surface area (Å²) >= 11 is 0. The standard InChI is InChI=1S/C27H30N4O3S/c28-18-25-24-14-11-22(34-30-15-2-1-3-16-30)17-26(24)31(21-5-4-6-21)27(25)19-7-9-20(10-8-19)29-35(32,33)23-12-13-23/h7-11,14,17,21,23,29H,1-6,12-13,15-16H2. The number of sulfonamides is 1. The van der Waals surface area contributed by atoms with Gasteiger partial charge < -0.3 is 9.40 Å². The average Bonchev–Trinajstić information content (AvgIpc) is 3.64. The van der Waals surface area contributed by atoms with Crippen molar-refractivity contribution in [1.29, 1.82) is 5.26 Å². The fourth-order valence-corrected chi connectivity index (χ4v) is 6.58. The van der Waals surface area contributed by atoms with E-state index >= 15 is 0 Å². The van der Waals surface area contributed by atoms with Gasteiger partial charge in [-0.15, -0.1) is 5.06 Å². The molecule has 2 heterocycles. The second-order valence-corrected chi connectivity index (χ2v) is 11.9. The third-order valence-electron chi connectivity index (χ3n) is 7.46. The molecule has 1 aliphatic heterocycles. The van der Waals surface area contributed by atoms with E-state index in [4.69, 9.17) is 4.84 Å². The minimum atomic E-state index is -3.31. The summed E-state index contributed by atoms with van der Waals surface area (Å²) in [5.74, 6) is 0.804. The lowest BCUT2D eigenvalue weighted by Crippen LogP contribution is -2.32. The minimum absolute atomic E-state index is 0.269. The van der Waals surface area contributed by atoms with E-state index in [9.17, 15) is 13.7 Å². The molecule has 2 aromatic carbocycles. The lowest BCUT2D eigenvalue weighted by Gasteiger charge is -2.30. The molecule has 35 heavy (non-hydrogen) atoms. The van der Waals surface area contributed by atoms with Crippen molar-refractivity contribution in [2.75, 3.05) is 17.8 Å². The second kappa shape index (κ2) is 8.89. The topological polar surface area (TPSA) is 87.4 Å². The highest BCUT2D eigenvalue weighted by Crippen LogP contribution is 2.43. The lowest BCUT2D eigenvalue weighted by atomic mass is 9.92. The quantitative estimate of drug-likeness (QED) is 0.467. The number of hydrogen-bond acceptors (Lipinski definition) is 5. The highest BCUT2D eigenvalue weighted by Gasteiger charge is 2.35. The smallest absolute Gasteiger partial charge is 0.235 e. The lowest BCUT2D eigenvalue weighted by molar-refractivity contribution is -0.0719. The first-order chi connectivity index (χ1) is 17.0. The van der Waals surface area contributed by atoms with Crippen LogP contribution in [0.4, 0.5) is 5.69 Å². The Morgan fingerprint density at radius 3 is 2.31 bits per heavy atom. The first kappa shape index (κ1) is 22.4. The Balaban J connectivity index is 1.39. The zero-order valence-electron chi connectivity index (χ0n) is 19.7. The molecule has 3 aromatic rings. The molecule has 6 rings (SSSR count). The van der Waals surface area contributed by atoms with Crippen LogP contribution in [0.5, 0.6) is 5.75 Å². The van der Waals surface area contributed by atoms with Crippen molar-refractivity contribution >= 4 is 26.6 Å². The van der Waals surface area contributed by atoms with Crippen LogP contribution in [0.1, 0.15) is 63.0 Å². The molecule has 1 N–H and O–H groups in total. The summed E-state index contributed by atoms with van der Waals surface area (Å²) in [5.41, 5.74) is 4.05. The Labute approximate surface area is 206 Å². The Hall–Kier alpha value is -3.02. The Bertz CT molecular complexity index is 1390. The predicted molar refractivity (Wildman–Crippen MR) is 137 cm³/mol. The van der Waals surface area contributed by atoms with E-state index < -0.39 is 10.0 Å². The molecule has 0 bridgehead atoms. The number of nitrogens with one attached hydrogen (secondary N) is 1. The van der Waals surface area contributed by atoms with Crippen molar-refractivity contribution in [3.8, 4) is 23.1 Å². The molecule has 182 valence electrons. The summed E-state index contributed by atoms with van der Waals surface area (Å²) in [6.45, 7) is 1.88. The van der Waals surface area contributed by atoms with E-state index in [1.807, 2.05) is 29.3 Å². The number of anilines is 1. The third kappa shape index (κ3) is 4.28. The molecule has 1 saturated heterocycles. The number of hydrogen-bond donors (Lipinski definition) is 1. The van der Waals surface area contributed by atoms with E-state index in [0.29, 0.717) is 17.3 Å². The zero-order chi connectivity index (χ0) is 24.0. The van der Waals surface area contributed by atoms with E-state index in [1.165, 1.54) is 12.8 Å². The van der Waals surface area contributed by atoms with Gasteiger partial charge in [-0.1, -0.05) is 18.6 Å². The molecule has 2 aliphatic carbocycles. The molecule has 0 atom stereocenters. The van der Waals surface area contributed by atoms with Crippen molar-refractivity contribution in [3.05, 3.63) is 48.0 Å². The normalized spacial score (nSPS) is 19.3. The Morgan fingerprint density at radius 2 is 1.69 bits per heavy atom. The van der Waals surface area contributed by atoms with Crippen LogP contribution in [0.25, 0.3) is 22.2 Å². The molecule has 2 saturated carbocycles. The molecule has 0 amide bonds. The largest absolute Gasteiger partial charge is 0.406 e. The van der Waals surface area contributed by atoms with Crippen LogP contribution in [-0.2, 0) is 10.0 Å². The first-order valence-corrected chi connectivity index (χ1v) is 14.2. The van der Waals surface area contributed by atoms with Gasteiger partial charge in [0.2, 0.25) is 10.0 Å². The molecule has 0 unspecified atom stereocenters. The third-order valence-corrected chi connectivity index (χ3v) is 9.33. The minimum Gasteiger partial charge on any atom is -0.406 e. The van der Waals surface area contributed by atoms with Crippen LogP contribution >= 0.6 is 0 Å². The van der Waals surface area contributed by atoms with Crippen LogP contribution in [0, 0.1) is 11.3 Å². The first-order valence-electron chi connectivity index (χ1n) is 12.7. The summed E-state index contributed by atoms with van der Waals surface area (Å²) in [5, 5.41) is 12.9. The molecule has 1 aromatic heterocycles. The maximum Gasteiger partial charge on any atom is 0.235 e. The van der Waals surface area contributed by atoms with Gasteiger partial charge >= 0.3 is 0 Å². The maximum atomic E-state index is 12.3. The van der Waals surface area contributed by atoms with Gasteiger partial charge in [-0.25, -0.2) is 8.42 Å². The van der Waals surface area contributed by atoms with E-state index in [0.717, 1.165) is 79.5 Å². The van der Waals surface area contributed by atoms with Crippen LogP contribution in [-0.4, -0.2) is 36.4 Å². The molecular weight excluding hydrogens is 460 g/mol. The summed E-state index contributed by atoms with van der Waals surface area (Å²) in [6.07, 6.45) is 8.34. The van der Waals surface area contributed by atoms with Crippen molar-refractivity contribution in [1.82, 2.24) is 9.63 Å². The molecule has 8 heteroatoms. The van der Waals surface area contributed by atoms with Gasteiger partial charge in [0.1, 0.15) is 11.8 Å². The monoisotopic (exact) mass is 490 g/mol. The second-order valence-electron chi connectivity index (χ2n) is 9.97. The Morgan fingerprint density at radius 1 is 0.943 bits per heavy atom. The molecule has 0 spiro atoms. The van der Waals surface area contributed by atoms with Gasteiger partial charge in [0, 0.05) is 36.3 Å². The number of piperidine rings is 1. The zero-order valence-corrected chi connectivity index (χ0v) is 20.6. The van der Waals surface area contributed by atoms with Crippen LogP contribution in [0.2, 0.25) is 0 Å². The van der Waals surface area contributed by atoms with Gasteiger partial charge in [0.15, 0.2) is 0 Å². The van der Waals surface area contributed by atoms with Crippen molar-refractivity contribution < 1.29 is 13.3 Å². The number of fused-ring (bicyclic) bond motifs is 1. The van der Waals surface area contributed by atoms with Crippen LogP contribution < -0.4 is 9.56 Å². The average molecular weight is 491 g/mol. The van der Waals surface area contributed by atoms with Crippen molar-refractivity contribution in [3.63, 3.8) is 0 Å². The molecule has 0 radical (unpaired) electrons. The molecule has 7 nitrogen and oxygen atoms in total. The highest BCUT2D eigenvalue weighted by atomic mass is 32.2. The Kier molecular flexibility index (Phi) is 5.70. The highest BCUT2D eigenvalue weighted by molar-refractivity contribution is 7.93. The summed E-state index contributed by atoms with van der Waals surface area (Å²) in [7, 11) is -3.31. The fourth-order valence-electron chi connectivity index (χ4n) is 5.20. The molecule has 3 fully saturated rings.